The summed E-state index contributed by atoms with van der Waals surface area (Å²) in [4.78, 5) is 0. The Labute approximate surface area is 162 Å². The number of rotatable bonds is 7. The van der Waals surface area contributed by atoms with Crippen LogP contribution in [0.5, 0.6) is 11.5 Å². The summed E-state index contributed by atoms with van der Waals surface area (Å²) in [6.07, 6.45) is 0.602. The molecule has 1 aromatic heterocycles. The van der Waals surface area contributed by atoms with Gasteiger partial charge in [-0.25, -0.2) is 0 Å². The fourth-order valence-corrected chi connectivity index (χ4v) is 3.30. The highest BCUT2D eigenvalue weighted by Crippen LogP contribution is 2.34. The molecule has 0 aliphatic carbocycles. The Morgan fingerprint density at radius 1 is 1.11 bits per heavy atom. The van der Waals surface area contributed by atoms with E-state index < -0.39 is 0 Å². The lowest BCUT2D eigenvalue weighted by Crippen LogP contribution is -2.03. The van der Waals surface area contributed by atoms with Crippen LogP contribution in [0.15, 0.2) is 52.1 Å². The van der Waals surface area contributed by atoms with E-state index in [-0.39, 0.29) is 5.25 Å². The van der Waals surface area contributed by atoms with E-state index in [0.29, 0.717) is 34.6 Å². The largest absolute Gasteiger partial charge is 0.497 e. The van der Waals surface area contributed by atoms with Crippen molar-refractivity contribution in [1.82, 2.24) is 10.2 Å². The molecule has 2 aromatic carbocycles. The predicted octanol–water partition coefficient (Wildman–Crippen LogP) is 4.29. The van der Waals surface area contributed by atoms with Crippen molar-refractivity contribution in [3.8, 4) is 29.0 Å². The molecule has 0 saturated heterocycles. The van der Waals surface area contributed by atoms with Crippen LogP contribution in [-0.2, 0) is 6.42 Å². The van der Waals surface area contributed by atoms with E-state index in [1.807, 2.05) is 31.2 Å². The van der Waals surface area contributed by atoms with Gasteiger partial charge >= 0.3 is 0 Å². The molecule has 0 unspecified atom stereocenters. The van der Waals surface area contributed by atoms with Gasteiger partial charge in [-0.3, -0.25) is 0 Å². The average Bonchev–Trinajstić information content (AvgIpc) is 3.16. The van der Waals surface area contributed by atoms with Crippen molar-refractivity contribution in [2.24, 2.45) is 0 Å². The van der Waals surface area contributed by atoms with Gasteiger partial charge in [0.15, 0.2) is 0 Å². The van der Waals surface area contributed by atoms with Crippen molar-refractivity contribution in [2.75, 3.05) is 14.2 Å². The van der Waals surface area contributed by atoms with Crippen molar-refractivity contribution in [3.63, 3.8) is 0 Å². The van der Waals surface area contributed by atoms with Crippen LogP contribution in [0.25, 0.3) is 11.5 Å². The molecule has 0 spiro atoms. The SMILES string of the molecule is COc1ccc(-c2nnc(S[C@@H](C#N)Cc3ccc(C)cc3)o2)c(OC)c1. The van der Waals surface area contributed by atoms with Gasteiger partial charge in [0.25, 0.3) is 11.1 Å². The number of ether oxygens (including phenoxy) is 2. The number of methoxy groups -OCH3 is 2. The number of hydrogen-bond acceptors (Lipinski definition) is 7. The van der Waals surface area contributed by atoms with E-state index in [1.165, 1.54) is 17.3 Å². The van der Waals surface area contributed by atoms with E-state index in [2.05, 4.69) is 16.3 Å². The molecule has 0 fully saturated rings. The van der Waals surface area contributed by atoms with Crippen LogP contribution >= 0.6 is 11.8 Å². The van der Waals surface area contributed by atoms with Crippen LogP contribution in [0.3, 0.4) is 0 Å². The first-order valence-electron chi connectivity index (χ1n) is 8.30. The van der Waals surface area contributed by atoms with Gasteiger partial charge in [0.05, 0.1) is 25.9 Å². The highest BCUT2D eigenvalue weighted by molar-refractivity contribution is 7.99. The Morgan fingerprint density at radius 2 is 1.89 bits per heavy atom. The number of hydrogen-bond donors (Lipinski definition) is 0. The molecule has 0 amide bonds. The zero-order valence-corrected chi connectivity index (χ0v) is 16.1. The fraction of sp³-hybridized carbons (Fsp3) is 0.250. The van der Waals surface area contributed by atoms with Crippen LogP contribution in [-0.4, -0.2) is 29.7 Å². The minimum absolute atomic E-state index is 0.321. The Hall–Kier alpha value is -2.98. The summed E-state index contributed by atoms with van der Waals surface area (Å²) < 4.78 is 16.3. The van der Waals surface area contributed by atoms with Crippen LogP contribution in [0.1, 0.15) is 11.1 Å². The molecule has 3 aromatic rings. The summed E-state index contributed by atoms with van der Waals surface area (Å²) >= 11 is 1.26. The lowest BCUT2D eigenvalue weighted by molar-refractivity contribution is 0.393. The van der Waals surface area contributed by atoms with Gasteiger partial charge in [-0.05, 0) is 42.8 Å². The van der Waals surface area contributed by atoms with Gasteiger partial charge in [0.1, 0.15) is 16.7 Å². The van der Waals surface area contributed by atoms with E-state index in [1.54, 1.807) is 32.4 Å². The standard InChI is InChI=1S/C20H19N3O3S/c1-13-4-6-14(7-5-13)10-16(12-21)27-20-23-22-19(26-20)17-9-8-15(24-2)11-18(17)25-3/h4-9,11,16H,10H2,1-3H3/t16-/m1/s1. The maximum Gasteiger partial charge on any atom is 0.278 e. The van der Waals surface area contributed by atoms with Gasteiger partial charge in [0.2, 0.25) is 0 Å². The topological polar surface area (TPSA) is 81.2 Å². The lowest BCUT2D eigenvalue weighted by atomic mass is 10.1. The van der Waals surface area contributed by atoms with Crippen molar-refractivity contribution in [1.29, 1.82) is 5.26 Å². The normalized spacial score (nSPS) is 11.6. The summed E-state index contributed by atoms with van der Waals surface area (Å²) in [7, 11) is 3.16. The van der Waals surface area contributed by atoms with E-state index in [0.717, 1.165) is 5.56 Å². The molecule has 0 saturated carbocycles. The quantitative estimate of drug-likeness (QED) is 0.565. The molecule has 27 heavy (non-hydrogen) atoms. The van der Waals surface area contributed by atoms with Crippen LogP contribution in [0.4, 0.5) is 0 Å². The lowest BCUT2D eigenvalue weighted by Gasteiger charge is -2.07. The second-order valence-electron chi connectivity index (χ2n) is 5.86. The molecule has 1 heterocycles. The first kappa shape index (κ1) is 18.8. The fourth-order valence-electron chi connectivity index (χ4n) is 2.52. The summed E-state index contributed by atoms with van der Waals surface area (Å²) in [5.41, 5.74) is 2.95. The van der Waals surface area contributed by atoms with Gasteiger partial charge in [0, 0.05) is 6.07 Å². The molecule has 3 rings (SSSR count). The van der Waals surface area contributed by atoms with Gasteiger partial charge in [-0.2, -0.15) is 5.26 Å². The van der Waals surface area contributed by atoms with Gasteiger partial charge in [-0.1, -0.05) is 29.8 Å². The molecule has 0 aliphatic rings. The molecule has 7 heteroatoms. The average molecular weight is 381 g/mol. The molecule has 6 nitrogen and oxygen atoms in total. The van der Waals surface area contributed by atoms with Crippen molar-refractivity contribution in [3.05, 3.63) is 53.6 Å². The van der Waals surface area contributed by atoms with Crippen molar-refractivity contribution >= 4 is 11.8 Å². The highest BCUT2D eigenvalue weighted by atomic mass is 32.2. The first-order chi connectivity index (χ1) is 13.1. The first-order valence-corrected chi connectivity index (χ1v) is 9.18. The molecule has 0 radical (unpaired) electrons. The van der Waals surface area contributed by atoms with Crippen LogP contribution in [0.2, 0.25) is 0 Å². The highest BCUT2D eigenvalue weighted by Gasteiger charge is 2.18. The number of thioether (sulfide) groups is 1. The molecule has 0 aliphatic heterocycles. The molecular formula is C20H19N3O3S. The van der Waals surface area contributed by atoms with Gasteiger partial charge in [-0.15, -0.1) is 10.2 Å². The Kier molecular flexibility index (Phi) is 5.99. The van der Waals surface area contributed by atoms with Gasteiger partial charge < -0.3 is 13.9 Å². The number of aromatic nitrogens is 2. The summed E-state index contributed by atoms with van der Waals surface area (Å²) in [6.45, 7) is 2.04. The summed E-state index contributed by atoms with van der Waals surface area (Å²) in [6, 6.07) is 15.8. The van der Waals surface area contributed by atoms with Crippen molar-refractivity contribution < 1.29 is 13.9 Å². The Bertz CT molecular complexity index is 948. The van der Waals surface area contributed by atoms with E-state index >= 15 is 0 Å². The second kappa shape index (κ2) is 8.60. The maximum absolute atomic E-state index is 9.47. The minimum atomic E-state index is -0.321. The molecule has 138 valence electrons. The zero-order chi connectivity index (χ0) is 19.2. The number of benzene rings is 2. The minimum Gasteiger partial charge on any atom is -0.497 e. The zero-order valence-electron chi connectivity index (χ0n) is 15.3. The monoisotopic (exact) mass is 381 g/mol. The van der Waals surface area contributed by atoms with Crippen LogP contribution in [0, 0.1) is 18.3 Å². The van der Waals surface area contributed by atoms with Crippen LogP contribution < -0.4 is 9.47 Å². The number of nitrogens with zero attached hydrogens (tertiary/aromatic N) is 3. The van der Waals surface area contributed by atoms with E-state index in [4.69, 9.17) is 13.9 Å². The summed E-state index contributed by atoms with van der Waals surface area (Å²) in [5, 5.41) is 17.7. The maximum atomic E-state index is 9.47. The third kappa shape index (κ3) is 4.60. The third-order valence-electron chi connectivity index (χ3n) is 3.97. The van der Waals surface area contributed by atoms with E-state index in [9.17, 15) is 5.26 Å². The van der Waals surface area contributed by atoms with Crippen molar-refractivity contribution in [2.45, 2.75) is 23.8 Å². The second-order valence-corrected chi connectivity index (χ2v) is 7.02. The molecular weight excluding hydrogens is 362 g/mol. The third-order valence-corrected chi connectivity index (χ3v) is 4.90. The number of nitriles is 1. The Morgan fingerprint density at radius 3 is 2.56 bits per heavy atom. The summed E-state index contributed by atoms with van der Waals surface area (Å²) in [5.74, 6) is 1.59. The number of aryl methyl sites for hydroxylation is 1. The smallest absolute Gasteiger partial charge is 0.278 e. The molecule has 0 bridgehead atoms. The molecule has 0 N–H and O–H groups in total. The Balaban J connectivity index is 1.75. The molecule has 1 atom stereocenters. The predicted molar refractivity (Wildman–Crippen MR) is 103 cm³/mol.